The largest absolute Gasteiger partial charge is 0.429 e. The first-order valence-electron chi connectivity index (χ1n) is 5.43. The van der Waals surface area contributed by atoms with Gasteiger partial charge in [0.1, 0.15) is 5.76 Å². The molecular weight excluding hydrogens is 270 g/mol. The third-order valence-corrected chi connectivity index (χ3v) is 2.57. The molecule has 1 aliphatic heterocycles. The van der Waals surface area contributed by atoms with Crippen molar-refractivity contribution in [2.75, 3.05) is 0 Å². The highest BCUT2D eigenvalue weighted by Crippen LogP contribution is 2.21. The number of carbonyl (C=O) groups excluding carboxylic acids is 2. The highest BCUT2D eigenvalue weighted by Gasteiger charge is 2.27. The topological polar surface area (TPSA) is 65.0 Å². The zero-order valence-electron chi connectivity index (χ0n) is 10.3. The van der Waals surface area contributed by atoms with Gasteiger partial charge in [-0.25, -0.2) is 9.79 Å². The summed E-state index contributed by atoms with van der Waals surface area (Å²) in [5.74, 6) is -0.902. The van der Waals surface area contributed by atoms with Gasteiger partial charge in [-0.1, -0.05) is 11.6 Å². The number of rotatable bonds is 2. The zero-order valence-corrected chi connectivity index (χ0v) is 11.0. The van der Waals surface area contributed by atoms with Crippen molar-refractivity contribution in [3.63, 3.8) is 0 Å². The second kappa shape index (κ2) is 5.24. The normalized spacial score (nSPS) is 16.8. The molecule has 0 amide bonds. The quantitative estimate of drug-likeness (QED) is 0.474. The van der Waals surface area contributed by atoms with Gasteiger partial charge in [0.2, 0.25) is 5.90 Å². The van der Waals surface area contributed by atoms with E-state index in [4.69, 9.17) is 21.1 Å². The van der Waals surface area contributed by atoms with E-state index in [-0.39, 0.29) is 17.4 Å². The SMILES string of the molecule is CC(=O)OC(C)=C1N=C(c2ccc(Cl)cc2)OC1=O. The highest BCUT2D eigenvalue weighted by molar-refractivity contribution is 6.30. The standard InChI is InChI=1S/C13H10ClNO4/c1-7(18-8(2)16)11-13(17)19-12(15-11)9-3-5-10(14)6-4-9/h3-6H,1-2H3. The Hall–Kier alpha value is -2.14. The van der Waals surface area contributed by atoms with Crippen molar-refractivity contribution >= 4 is 29.4 Å². The first kappa shape index (κ1) is 13.3. The van der Waals surface area contributed by atoms with Gasteiger partial charge < -0.3 is 9.47 Å². The fraction of sp³-hybridized carbons (Fsp3) is 0.154. The number of hydrogen-bond donors (Lipinski definition) is 0. The molecule has 1 aliphatic rings. The summed E-state index contributed by atoms with van der Waals surface area (Å²) < 4.78 is 9.84. The Labute approximate surface area is 114 Å². The predicted octanol–water partition coefficient (Wildman–Crippen LogP) is 2.44. The fourth-order valence-electron chi connectivity index (χ4n) is 1.51. The Morgan fingerprint density at radius 3 is 2.47 bits per heavy atom. The predicted molar refractivity (Wildman–Crippen MR) is 68.5 cm³/mol. The molecule has 1 aromatic carbocycles. The van der Waals surface area contributed by atoms with Gasteiger partial charge in [0, 0.05) is 17.5 Å². The summed E-state index contributed by atoms with van der Waals surface area (Å²) in [5.41, 5.74) is 0.600. The van der Waals surface area contributed by atoms with E-state index < -0.39 is 11.9 Å². The van der Waals surface area contributed by atoms with Crippen LogP contribution in [0, 0.1) is 0 Å². The van der Waals surface area contributed by atoms with Crippen LogP contribution in [-0.4, -0.2) is 17.8 Å². The molecule has 0 radical (unpaired) electrons. The van der Waals surface area contributed by atoms with Crippen LogP contribution in [-0.2, 0) is 19.1 Å². The van der Waals surface area contributed by atoms with Crippen molar-refractivity contribution < 1.29 is 19.1 Å². The van der Waals surface area contributed by atoms with Crippen molar-refractivity contribution in [1.29, 1.82) is 0 Å². The molecule has 0 bridgehead atoms. The molecule has 19 heavy (non-hydrogen) atoms. The van der Waals surface area contributed by atoms with Gasteiger partial charge in [-0.15, -0.1) is 0 Å². The summed E-state index contributed by atoms with van der Waals surface area (Å²) in [7, 11) is 0. The van der Waals surface area contributed by atoms with Gasteiger partial charge in [-0.3, -0.25) is 4.79 Å². The Kier molecular flexibility index (Phi) is 3.66. The van der Waals surface area contributed by atoms with Crippen LogP contribution in [0.25, 0.3) is 0 Å². The van der Waals surface area contributed by atoms with E-state index in [9.17, 15) is 9.59 Å². The van der Waals surface area contributed by atoms with Crippen molar-refractivity contribution in [2.24, 2.45) is 4.99 Å². The summed E-state index contributed by atoms with van der Waals surface area (Å²) in [6, 6.07) is 6.68. The van der Waals surface area contributed by atoms with Crippen LogP contribution in [0.3, 0.4) is 0 Å². The lowest BCUT2D eigenvalue weighted by Crippen LogP contribution is -2.07. The molecule has 98 valence electrons. The summed E-state index contributed by atoms with van der Waals surface area (Å²) >= 11 is 5.77. The first-order valence-corrected chi connectivity index (χ1v) is 5.81. The minimum atomic E-state index is -0.649. The Morgan fingerprint density at radius 2 is 1.89 bits per heavy atom. The fourth-order valence-corrected chi connectivity index (χ4v) is 1.63. The lowest BCUT2D eigenvalue weighted by Gasteiger charge is -2.00. The van der Waals surface area contributed by atoms with E-state index in [1.54, 1.807) is 24.3 Å². The molecular formula is C13H10ClNO4. The monoisotopic (exact) mass is 279 g/mol. The van der Waals surface area contributed by atoms with E-state index in [1.807, 2.05) is 0 Å². The van der Waals surface area contributed by atoms with Crippen LogP contribution in [0.4, 0.5) is 0 Å². The third kappa shape index (κ3) is 3.00. The van der Waals surface area contributed by atoms with E-state index in [0.717, 1.165) is 0 Å². The molecule has 6 heteroatoms. The van der Waals surface area contributed by atoms with E-state index in [1.165, 1.54) is 13.8 Å². The first-order chi connectivity index (χ1) is 8.97. The smallest absolute Gasteiger partial charge is 0.367 e. The molecule has 5 nitrogen and oxygen atoms in total. The number of hydrogen-bond acceptors (Lipinski definition) is 5. The molecule has 0 unspecified atom stereocenters. The molecule has 1 aromatic rings. The van der Waals surface area contributed by atoms with Gasteiger partial charge in [0.05, 0.1) is 0 Å². The molecule has 0 fully saturated rings. The number of ether oxygens (including phenoxy) is 2. The van der Waals surface area contributed by atoms with Crippen LogP contribution in [0.15, 0.2) is 40.7 Å². The highest BCUT2D eigenvalue weighted by atomic mass is 35.5. The van der Waals surface area contributed by atoms with Crippen molar-refractivity contribution in [3.8, 4) is 0 Å². The van der Waals surface area contributed by atoms with Crippen molar-refractivity contribution in [2.45, 2.75) is 13.8 Å². The minimum absolute atomic E-state index is 0.0137. The van der Waals surface area contributed by atoms with Crippen LogP contribution < -0.4 is 0 Å². The maximum absolute atomic E-state index is 11.6. The molecule has 0 saturated heterocycles. The minimum Gasteiger partial charge on any atom is -0.429 e. The van der Waals surface area contributed by atoms with Crippen LogP contribution in [0.2, 0.25) is 5.02 Å². The summed E-state index contributed by atoms with van der Waals surface area (Å²) in [6.45, 7) is 2.72. The number of aliphatic imine (C=N–C) groups is 1. The number of benzene rings is 1. The van der Waals surface area contributed by atoms with Gasteiger partial charge in [-0.2, -0.15) is 0 Å². The Balaban J connectivity index is 2.33. The number of halogens is 1. The Bertz CT molecular complexity index is 602. The number of cyclic esters (lactones) is 1. The van der Waals surface area contributed by atoms with Crippen LogP contribution in [0.5, 0.6) is 0 Å². The van der Waals surface area contributed by atoms with Crippen molar-refractivity contribution in [1.82, 2.24) is 0 Å². The molecule has 0 saturated carbocycles. The number of allylic oxidation sites excluding steroid dienone is 1. The van der Waals surface area contributed by atoms with Crippen LogP contribution >= 0.6 is 11.6 Å². The van der Waals surface area contributed by atoms with Gasteiger partial charge in [0.25, 0.3) is 0 Å². The van der Waals surface area contributed by atoms with Crippen molar-refractivity contribution in [3.05, 3.63) is 46.3 Å². The van der Waals surface area contributed by atoms with E-state index in [0.29, 0.717) is 10.6 Å². The lowest BCUT2D eigenvalue weighted by atomic mass is 10.2. The average molecular weight is 280 g/mol. The van der Waals surface area contributed by atoms with Gasteiger partial charge in [-0.05, 0) is 31.2 Å². The van der Waals surface area contributed by atoms with E-state index >= 15 is 0 Å². The Morgan fingerprint density at radius 1 is 1.26 bits per heavy atom. The maximum Gasteiger partial charge on any atom is 0.367 e. The number of esters is 2. The molecule has 1 heterocycles. The molecule has 0 spiro atoms. The second-order valence-electron chi connectivity index (χ2n) is 3.81. The van der Waals surface area contributed by atoms with Gasteiger partial charge >= 0.3 is 11.9 Å². The summed E-state index contributed by atoms with van der Waals surface area (Å²) in [5, 5.41) is 0.570. The average Bonchev–Trinajstić information content (AvgIpc) is 2.71. The van der Waals surface area contributed by atoms with E-state index in [2.05, 4.69) is 4.99 Å². The lowest BCUT2D eigenvalue weighted by molar-refractivity contribution is -0.137. The van der Waals surface area contributed by atoms with Crippen LogP contribution in [0.1, 0.15) is 19.4 Å². The van der Waals surface area contributed by atoms with Gasteiger partial charge in [0.15, 0.2) is 5.70 Å². The maximum atomic E-state index is 11.6. The zero-order chi connectivity index (χ0) is 14.0. The summed E-state index contributed by atoms with van der Waals surface area (Å²) in [4.78, 5) is 26.5. The number of carbonyl (C=O) groups is 2. The third-order valence-electron chi connectivity index (χ3n) is 2.32. The number of nitrogens with zero attached hydrogens (tertiary/aromatic N) is 1. The molecule has 0 N–H and O–H groups in total. The molecule has 0 aliphatic carbocycles. The summed E-state index contributed by atoms with van der Waals surface area (Å²) in [6.07, 6.45) is 0. The molecule has 2 rings (SSSR count). The second-order valence-corrected chi connectivity index (χ2v) is 4.25. The molecule has 0 aromatic heterocycles. The molecule has 0 atom stereocenters.